The fourth-order valence-corrected chi connectivity index (χ4v) is 3.89. The number of morpholine rings is 1. The summed E-state index contributed by atoms with van der Waals surface area (Å²) >= 11 is 0. The van der Waals surface area contributed by atoms with E-state index in [1.807, 2.05) is 18.2 Å². The maximum atomic E-state index is 5.44. The van der Waals surface area contributed by atoms with E-state index >= 15 is 0 Å². The maximum Gasteiger partial charge on any atom is 0.161 e. The topological polar surface area (TPSA) is 81.6 Å². The third-order valence-electron chi connectivity index (χ3n) is 5.66. The molecule has 1 aliphatic rings. The van der Waals surface area contributed by atoms with Crippen molar-refractivity contribution in [3.63, 3.8) is 0 Å². The molecule has 5 rings (SSSR count). The minimum absolute atomic E-state index is 0.644. The Labute approximate surface area is 192 Å². The lowest BCUT2D eigenvalue weighted by Crippen LogP contribution is -2.36. The Morgan fingerprint density at radius 1 is 0.909 bits per heavy atom. The van der Waals surface area contributed by atoms with Crippen LogP contribution in [0.2, 0.25) is 0 Å². The Morgan fingerprint density at radius 2 is 1.70 bits per heavy atom. The molecular formula is C25H25N5O3. The average molecular weight is 444 g/mol. The monoisotopic (exact) mass is 443 g/mol. The average Bonchev–Trinajstić information content (AvgIpc) is 2.89. The summed E-state index contributed by atoms with van der Waals surface area (Å²) < 4.78 is 16.2. The lowest BCUT2D eigenvalue weighted by atomic mass is 10.1. The van der Waals surface area contributed by atoms with Crippen LogP contribution in [0.15, 0.2) is 61.1 Å². The number of methoxy groups -OCH3 is 2. The van der Waals surface area contributed by atoms with E-state index in [1.54, 1.807) is 32.8 Å². The van der Waals surface area contributed by atoms with Gasteiger partial charge in [0.05, 0.1) is 57.4 Å². The molecule has 33 heavy (non-hydrogen) atoms. The summed E-state index contributed by atoms with van der Waals surface area (Å²) in [4.78, 5) is 16.1. The zero-order valence-electron chi connectivity index (χ0n) is 18.6. The van der Waals surface area contributed by atoms with E-state index in [0.29, 0.717) is 17.0 Å². The Morgan fingerprint density at radius 3 is 2.45 bits per heavy atom. The van der Waals surface area contributed by atoms with Gasteiger partial charge in [0.2, 0.25) is 0 Å². The SMILES string of the molecule is COc1ccc(-c2cnc3cncc(Nc4ccc(N5CCOCC5)cc4)c3n2)cc1OC. The number of hydrogen-bond acceptors (Lipinski definition) is 8. The first kappa shape index (κ1) is 21.0. The van der Waals surface area contributed by atoms with Gasteiger partial charge in [-0.05, 0) is 42.5 Å². The van der Waals surface area contributed by atoms with Gasteiger partial charge in [-0.25, -0.2) is 4.98 Å². The number of nitrogens with zero attached hydrogens (tertiary/aromatic N) is 4. The molecule has 4 aromatic rings. The second kappa shape index (κ2) is 9.30. The summed E-state index contributed by atoms with van der Waals surface area (Å²) in [5.74, 6) is 1.31. The van der Waals surface area contributed by atoms with Crippen LogP contribution < -0.4 is 19.7 Å². The number of fused-ring (bicyclic) bond motifs is 1. The van der Waals surface area contributed by atoms with Gasteiger partial charge >= 0.3 is 0 Å². The largest absolute Gasteiger partial charge is 0.493 e. The van der Waals surface area contributed by atoms with Crippen LogP contribution in [-0.4, -0.2) is 55.5 Å². The molecule has 2 aromatic heterocycles. The molecule has 168 valence electrons. The van der Waals surface area contributed by atoms with Crippen molar-refractivity contribution in [1.29, 1.82) is 0 Å². The van der Waals surface area contributed by atoms with E-state index < -0.39 is 0 Å². The minimum atomic E-state index is 0.644. The van der Waals surface area contributed by atoms with Crippen molar-refractivity contribution in [3.05, 3.63) is 61.1 Å². The summed E-state index contributed by atoms with van der Waals surface area (Å²) in [7, 11) is 3.23. The molecule has 0 spiro atoms. The molecule has 2 aromatic carbocycles. The minimum Gasteiger partial charge on any atom is -0.493 e. The van der Waals surface area contributed by atoms with Crippen molar-refractivity contribution in [3.8, 4) is 22.8 Å². The number of rotatable bonds is 6. The Balaban J connectivity index is 1.44. The van der Waals surface area contributed by atoms with Crippen molar-refractivity contribution in [2.24, 2.45) is 0 Å². The molecule has 8 nitrogen and oxygen atoms in total. The van der Waals surface area contributed by atoms with Crippen LogP contribution in [0, 0.1) is 0 Å². The molecule has 1 aliphatic heterocycles. The van der Waals surface area contributed by atoms with Crippen LogP contribution in [0.4, 0.5) is 17.1 Å². The predicted octanol–water partition coefficient (Wildman–Crippen LogP) is 4.29. The van der Waals surface area contributed by atoms with Gasteiger partial charge in [-0.2, -0.15) is 0 Å². The van der Waals surface area contributed by atoms with Gasteiger partial charge in [-0.1, -0.05) is 0 Å². The molecule has 0 bridgehead atoms. The quantitative estimate of drug-likeness (QED) is 0.473. The van der Waals surface area contributed by atoms with E-state index in [0.717, 1.165) is 54.5 Å². The third kappa shape index (κ3) is 4.38. The molecule has 0 unspecified atom stereocenters. The molecule has 0 aliphatic carbocycles. The van der Waals surface area contributed by atoms with Gasteiger partial charge in [0.15, 0.2) is 11.5 Å². The molecular weight excluding hydrogens is 418 g/mol. The highest BCUT2D eigenvalue weighted by atomic mass is 16.5. The van der Waals surface area contributed by atoms with E-state index in [-0.39, 0.29) is 0 Å². The first-order valence-corrected chi connectivity index (χ1v) is 10.8. The number of anilines is 3. The van der Waals surface area contributed by atoms with Gasteiger partial charge in [0.1, 0.15) is 11.0 Å². The number of hydrogen-bond donors (Lipinski definition) is 1. The van der Waals surface area contributed by atoms with Crippen LogP contribution in [0.5, 0.6) is 11.5 Å². The molecule has 0 amide bonds. The number of ether oxygens (including phenoxy) is 3. The lowest BCUT2D eigenvalue weighted by molar-refractivity contribution is 0.122. The van der Waals surface area contributed by atoms with E-state index in [4.69, 9.17) is 19.2 Å². The van der Waals surface area contributed by atoms with Crippen LogP contribution in [0.25, 0.3) is 22.3 Å². The first-order chi connectivity index (χ1) is 16.2. The summed E-state index contributed by atoms with van der Waals surface area (Å²) in [5.41, 5.74) is 6.03. The predicted molar refractivity (Wildman–Crippen MR) is 129 cm³/mol. The summed E-state index contributed by atoms with van der Waals surface area (Å²) in [6.45, 7) is 3.36. The molecule has 1 fully saturated rings. The summed E-state index contributed by atoms with van der Waals surface area (Å²) in [6, 6.07) is 14.1. The fraction of sp³-hybridized carbons (Fsp3) is 0.240. The first-order valence-electron chi connectivity index (χ1n) is 10.8. The van der Waals surface area contributed by atoms with E-state index in [2.05, 4.69) is 44.5 Å². The van der Waals surface area contributed by atoms with Crippen LogP contribution in [-0.2, 0) is 4.74 Å². The smallest absolute Gasteiger partial charge is 0.161 e. The van der Waals surface area contributed by atoms with Crippen LogP contribution in [0.1, 0.15) is 0 Å². The number of pyridine rings is 1. The highest BCUT2D eigenvalue weighted by Gasteiger charge is 2.13. The number of benzene rings is 2. The molecule has 8 heteroatoms. The standard InChI is InChI=1S/C25H25N5O3/c1-31-23-8-3-17(13-24(23)32-2)20-16-27-21-14-26-15-22(25(21)29-20)28-18-4-6-19(7-5-18)30-9-11-33-12-10-30/h3-8,13-16,28H,9-12H2,1-2H3. The second-order valence-corrected chi connectivity index (χ2v) is 7.65. The Hall–Kier alpha value is -3.91. The van der Waals surface area contributed by atoms with Gasteiger partial charge in [-0.3, -0.25) is 9.97 Å². The van der Waals surface area contributed by atoms with Gasteiger partial charge < -0.3 is 24.4 Å². The van der Waals surface area contributed by atoms with Crippen molar-refractivity contribution in [2.45, 2.75) is 0 Å². The molecule has 1 N–H and O–H groups in total. The van der Waals surface area contributed by atoms with Crippen LogP contribution in [0.3, 0.4) is 0 Å². The fourth-order valence-electron chi connectivity index (χ4n) is 3.89. The molecule has 1 saturated heterocycles. The van der Waals surface area contributed by atoms with E-state index in [9.17, 15) is 0 Å². The highest BCUT2D eigenvalue weighted by molar-refractivity contribution is 5.90. The normalized spacial score (nSPS) is 13.7. The zero-order valence-corrected chi connectivity index (χ0v) is 18.6. The zero-order chi connectivity index (χ0) is 22.6. The molecule has 0 saturated carbocycles. The molecule has 0 radical (unpaired) electrons. The Kier molecular flexibility index (Phi) is 5.91. The van der Waals surface area contributed by atoms with Crippen molar-refractivity contribution < 1.29 is 14.2 Å². The van der Waals surface area contributed by atoms with Gasteiger partial charge in [0.25, 0.3) is 0 Å². The van der Waals surface area contributed by atoms with Crippen molar-refractivity contribution >= 4 is 28.1 Å². The molecule has 0 atom stereocenters. The number of nitrogens with one attached hydrogen (secondary N) is 1. The summed E-state index contributed by atoms with van der Waals surface area (Å²) in [6.07, 6.45) is 5.23. The van der Waals surface area contributed by atoms with Crippen LogP contribution >= 0.6 is 0 Å². The Bertz CT molecular complexity index is 1260. The maximum absolute atomic E-state index is 5.44. The van der Waals surface area contributed by atoms with Crippen molar-refractivity contribution in [2.75, 3.05) is 50.7 Å². The van der Waals surface area contributed by atoms with Gasteiger partial charge in [0, 0.05) is 30.0 Å². The summed E-state index contributed by atoms with van der Waals surface area (Å²) in [5, 5.41) is 3.44. The molecule has 3 heterocycles. The van der Waals surface area contributed by atoms with E-state index in [1.165, 1.54) is 5.69 Å². The van der Waals surface area contributed by atoms with Crippen molar-refractivity contribution in [1.82, 2.24) is 15.0 Å². The highest BCUT2D eigenvalue weighted by Crippen LogP contribution is 2.33. The second-order valence-electron chi connectivity index (χ2n) is 7.65. The number of aromatic nitrogens is 3. The van der Waals surface area contributed by atoms with Gasteiger partial charge in [-0.15, -0.1) is 0 Å². The lowest BCUT2D eigenvalue weighted by Gasteiger charge is -2.28. The third-order valence-corrected chi connectivity index (χ3v) is 5.66.